The summed E-state index contributed by atoms with van der Waals surface area (Å²) in [5.41, 5.74) is 6.54. The Bertz CT molecular complexity index is 435. The monoisotopic (exact) mass is 257 g/mol. The van der Waals surface area contributed by atoms with Gasteiger partial charge in [0.1, 0.15) is 5.01 Å². The van der Waals surface area contributed by atoms with Gasteiger partial charge in [0.25, 0.3) is 0 Å². The lowest BCUT2D eigenvalue weighted by molar-refractivity contribution is 1.26. The molecule has 0 aliphatic heterocycles. The molecule has 0 aliphatic rings. The molecular formula is C9H11N3S3. The fourth-order valence-electron chi connectivity index (χ4n) is 1.09. The summed E-state index contributed by atoms with van der Waals surface area (Å²) in [6.07, 6.45) is 1.88. The molecule has 3 nitrogen and oxygen atoms in total. The Morgan fingerprint density at radius 3 is 3.07 bits per heavy atom. The molecule has 0 amide bonds. The van der Waals surface area contributed by atoms with E-state index in [0.29, 0.717) is 5.13 Å². The van der Waals surface area contributed by atoms with Gasteiger partial charge in [0, 0.05) is 17.3 Å². The number of hydrogen-bond acceptors (Lipinski definition) is 6. The van der Waals surface area contributed by atoms with Crippen LogP contribution in [-0.4, -0.2) is 15.7 Å². The minimum absolute atomic E-state index is 0.614. The van der Waals surface area contributed by atoms with Crippen LogP contribution in [0.5, 0.6) is 0 Å². The Morgan fingerprint density at radius 1 is 1.53 bits per heavy atom. The molecule has 0 spiro atoms. The third-order valence-electron chi connectivity index (χ3n) is 1.76. The lowest BCUT2D eigenvalue weighted by atomic mass is 10.4. The van der Waals surface area contributed by atoms with Gasteiger partial charge in [-0.1, -0.05) is 6.92 Å². The van der Waals surface area contributed by atoms with Gasteiger partial charge >= 0.3 is 0 Å². The average Bonchev–Trinajstić information content (AvgIpc) is 2.83. The lowest BCUT2D eigenvalue weighted by Crippen LogP contribution is -1.80. The standard InChI is InChI=1S/C9H11N3S3/c1-2-13-5-8-11-3-7(15-8)6-4-14-9(10)12-6/h3-4H,2,5H2,1H3,(H2,10,12). The number of nitrogens with zero attached hydrogens (tertiary/aromatic N) is 2. The van der Waals surface area contributed by atoms with Crippen molar-refractivity contribution in [3.8, 4) is 10.6 Å². The first-order valence-electron chi connectivity index (χ1n) is 4.53. The molecule has 6 heteroatoms. The largest absolute Gasteiger partial charge is 0.375 e. The second-order valence-electron chi connectivity index (χ2n) is 2.83. The summed E-state index contributed by atoms with van der Waals surface area (Å²) in [6.45, 7) is 2.15. The van der Waals surface area contributed by atoms with Crippen LogP contribution in [0, 0.1) is 0 Å². The summed E-state index contributed by atoms with van der Waals surface area (Å²) in [6, 6.07) is 0. The van der Waals surface area contributed by atoms with E-state index >= 15 is 0 Å². The molecule has 0 aliphatic carbocycles. The first-order chi connectivity index (χ1) is 7.29. The normalized spacial score (nSPS) is 10.7. The van der Waals surface area contributed by atoms with Crippen molar-refractivity contribution < 1.29 is 0 Å². The van der Waals surface area contributed by atoms with E-state index in [0.717, 1.165) is 27.1 Å². The van der Waals surface area contributed by atoms with Crippen LogP contribution >= 0.6 is 34.4 Å². The third kappa shape index (κ3) is 2.70. The molecule has 0 fully saturated rings. The summed E-state index contributed by atoms with van der Waals surface area (Å²) in [7, 11) is 0. The minimum Gasteiger partial charge on any atom is -0.375 e. The molecule has 2 aromatic heterocycles. The fourth-order valence-corrected chi connectivity index (χ4v) is 3.34. The van der Waals surface area contributed by atoms with Gasteiger partial charge in [0.05, 0.1) is 10.6 Å². The Kier molecular flexibility index (Phi) is 3.61. The maximum Gasteiger partial charge on any atom is 0.180 e. The molecule has 0 unspecified atom stereocenters. The molecule has 0 aromatic carbocycles. The van der Waals surface area contributed by atoms with Crippen LogP contribution < -0.4 is 5.73 Å². The van der Waals surface area contributed by atoms with Gasteiger partial charge in [0.15, 0.2) is 5.13 Å². The lowest BCUT2D eigenvalue weighted by Gasteiger charge is -1.91. The fraction of sp³-hybridized carbons (Fsp3) is 0.333. The molecule has 15 heavy (non-hydrogen) atoms. The second-order valence-corrected chi connectivity index (χ2v) is 6.11. The van der Waals surface area contributed by atoms with Gasteiger partial charge in [-0.2, -0.15) is 11.8 Å². The maximum atomic E-state index is 5.59. The molecule has 0 radical (unpaired) electrons. The Labute approximate surface area is 101 Å². The molecule has 2 heterocycles. The molecular weight excluding hydrogens is 246 g/mol. The zero-order valence-corrected chi connectivity index (χ0v) is 10.7. The third-order valence-corrected chi connectivity index (χ3v) is 4.52. The number of nitrogen functional groups attached to an aromatic ring is 1. The van der Waals surface area contributed by atoms with Gasteiger partial charge in [-0.25, -0.2) is 9.97 Å². The van der Waals surface area contributed by atoms with E-state index in [4.69, 9.17) is 5.73 Å². The SMILES string of the molecule is CCSCc1ncc(-c2csc(N)n2)s1. The van der Waals surface area contributed by atoms with Gasteiger partial charge in [0.2, 0.25) is 0 Å². The van der Waals surface area contributed by atoms with Crippen molar-refractivity contribution in [2.45, 2.75) is 12.7 Å². The topological polar surface area (TPSA) is 51.8 Å². The Morgan fingerprint density at radius 2 is 2.40 bits per heavy atom. The molecule has 2 N–H and O–H groups in total. The van der Waals surface area contributed by atoms with Crippen LogP contribution in [0.25, 0.3) is 10.6 Å². The maximum absolute atomic E-state index is 5.59. The van der Waals surface area contributed by atoms with Crippen molar-refractivity contribution in [1.29, 1.82) is 0 Å². The minimum atomic E-state index is 0.614. The highest BCUT2D eigenvalue weighted by molar-refractivity contribution is 7.98. The zero-order valence-electron chi connectivity index (χ0n) is 8.27. The summed E-state index contributed by atoms with van der Waals surface area (Å²) in [4.78, 5) is 9.70. The van der Waals surface area contributed by atoms with E-state index in [1.807, 2.05) is 23.3 Å². The number of nitrogens with two attached hydrogens (primary N) is 1. The molecule has 2 rings (SSSR count). The van der Waals surface area contributed by atoms with Gasteiger partial charge in [-0.3, -0.25) is 0 Å². The highest BCUT2D eigenvalue weighted by Gasteiger charge is 2.07. The van der Waals surface area contributed by atoms with Crippen molar-refractivity contribution >= 4 is 39.6 Å². The van der Waals surface area contributed by atoms with Gasteiger partial charge in [-0.05, 0) is 5.75 Å². The Hall–Kier alpha value is -0.590. The van der Waals surface area contributed by atoms with Gasteiger partial charge in [-0.15, -0.1) is 22.7 Å². The summed E-state index contributed by atoms with van der Waals surface area (Å²) in [5, 5.41) is 3.74. The van der Waals surface area contributed by atoms with Crippen molar-refractivity contribution in [3.05, 3.63) is 16.6 Å². The van der Waals surface area contributed by atoms with Crippen molar-refractivity contribution in [1.82, 2.24) is 9.97 Å². The average molecular weight is 257 g/mol. The summed E-state index contributed by atoms with van der Waals surface area (Å²) < 4.78 is 0. The molecule has 80 valence electrons. The van der Waals surface area contributed by atoms with E-state index < -0.39 is 0 Å². The molecule has 2 aromatic rings. The van der Waals surface area contributed by atoms with E-state index in [2.05, 4.69) is 16.9 Å². The highest BCUT2D eigenvalue weighted by atomic mass is 32.2. The molecule has 0 atom stereocenters. The smallest absolute Gasteiger partial charge is 0.180 e. The highest BCUT2D eigenvalue weighted by Crippen LogP contribution is 2.29. The van der Waals surface area contributed by atoms with Gasteiger partial charge < -0.3 is 5.73 Å². The predicted molar refractivity (Wildman–Crippen MR) is 69.5 cm³/mol. The molecule has 0 saturated carbocycles. The number of thiazole rings is 2. The van der Waals surface area contributed by atoms with E-state index in [9.17, 15) is 0 Å². The van der Waals surface area contributed by atoms with E-state index in [1.165, 1.54) is 11.3 Å². The van der Waals surface area contributed by atoms with Crippen molar-refractivity contribution in [2.75, 3.05) is 11.5 Å². The van der Waals surface area contributed by atoms with Crippen molar-refractivity contribution in [3.63, 3.8) is 0 Å². The predicted octanol–water partition coefficient (Wildman–Crippen LogP) is 3.10. The Balaban J connectivity index is 2.13. The number of thioether (sulfide) groups is 1. The van der Waals surface area contributed by atoms with Crippen LogP contribution in [0.3, 0.4) is 0 Å². The summed E-state index contributed by atoms with van der Waals surface area (Å²) >= 11 is 5.04. The van der Waals surface area contributed by atoms with E-state index in [1.54, 1.807) is 11.3 Å². The van der Waals surface area contributed by atoms with E-state index in [-0.39, 0.29) is 0 Å². The van der Waals surface area contributed by atoms with Crippen LogP contribution in [0.4, 0.5) is 5.13 Å². The first kappa shape index (κ1) is 10.9. The number of anilines is 1. The van der Waals surface area contributed by atoms with Crippen LogP contribution in [-0.2, 0) is 5.75 Å². The molecule has 0 bridgehead atoms. The molecule has 0 saturated heterocycles. The zero-order chi connectivity index (χ0) is 10.7. The first-order valence-corrected chi connectivity index (χ1v) is 7.38. The number of aromatic nitrogens is 2. The quantitative estimate of drug-likeness (QED) is 0.914. The summed E-state index contributed by atoms with van der Waals surface area (Å²) in [5.74, 6) is 2.11. The number of rotatable bonds is 4. The van der Waals surface area contributed by atoms with Crippen LogP contribution in [0.1, 0.15) is 11.9 Å². The number of hydrogen-bond donors (Lipinski definition) is 1. The van der Waals surface area contributed by atoms with Crippen LogP contribution in [0.15, 0.2) is 11.6 Å². The second kappa shape index (κ2) is 4.96. The van der Waals surface area contributed by atoms with Crippen LogP contribution in [0.2, 0.25) is 0 Å². The van der Waals surface area contributed by atoms with Crippen molar-refractivity contribution in [2.24, 2.45) is 0 Å².